The van der Waals surface area contributed by atoms with Crippen molar-refractivity contribution in [3.05, 3.63) is 144 Å². The third kappa shape index (κ3) is 5.65. The Morgan fingerprint density at radius 2 is 1.35 bits per heavy atom. The van der Waals surface area contributed by atoms with E-state index in [9.17, 15) is 4.79 Å². The van der Waals surface area contributed by atoms with Gasteiger partial charge in [-0.1, -0.05) is 97.1 Å². The molecule has 184 valence electrons. The van der Waals surface area contributed by atoms with Crippen LogP contribution in [-0.2, 0) is 6.61 Å². The molecular formula is C33H29NO3. The van der Waals surface area contributed by atoms with Gasteiger partial charge in [0, 0.05) is 16.5 Å². The summed E-state index contributed by atoms with van der Waals surface area (Å²) in [7, 11) is 0. The molecule has 0 fully saturated rings. The number of carbonyl (C=O) groups is 1. The van der Waals surface area contributed by atoms with Crippen molar-refractivity contribution < 1.29 is 14.3 Å². The molecule has 0 spiro atoms. The van der Waals surface area contributed by atoms with Crippen molar-refractivity contribution in [2.24, 2.45) is 0 Å². The monoisotopic (exact) mass is 487 g/mol. The molecule has 0 aliphatic carbocycles. The number of nitrogens with one attached hydrogen (secondary N) is 1. The van der Waals surface area contributed by atoms with Gasteiger partial charge in [0.25, 0.3) is 5.91 Å². The van der Waals surface area contributed by atoms with Crippen molar-refractivity contribution in [1.29, 1.82) is 0 Å². The summed E-state index contributed by atoms with van der Waals surface area (Å²) in [5, 5.41) is 5.39. The van der Waals surface area contributed by atoms with E-state index < -0.39 is 0 Å². The second kappa shape index (κ2) is 11.4. The minimum Gasteiger partial charge on any atom is -0.493 e. The summed E-state index contributed by atoms with van der Waals surface area (Å²) in [6, 6.07) is 39.4. The number of benzene rings is 5. The Bertz CT molecular complexity index is 1440. The zero-order chi connectivity index (χ0) is 25.5. The second-order valence-corrected chi connectivity index (χ2v) is 8.75. The van der Waals surface area contributed by atoms with E-state index in [1.807, 2.05) is 110 Å². The number of rotatable bonds is 9. The lowest BCUT2D eigenvalue weighted by molar-refractivity contribution is 0.0942. The van der Waals surface area contributed by atoms with Crippen LogP contribution in [0.3, 0.4) is 0 Å². The summed E-state index contributed by atoms with van der Waals surface area (Å²) in [6.07, 6.45) is 0. The van der Waals surface area contributed by atoms with Crippen LogP contribution in [0.1, 0.15) is 40.0 Å². The molecule has 5 aromatic rings. The van der Waals surface area contributed by atoms with Crippen LogP contribution in [0.2, 0.25) is 0 Å². The van der Waals surface area contributed by atoms with Crippen LogP contribution >= 0.6 is 0 Å². The first kappa shape index (κ1) is 24.1. The fourth-order valence-corrected chi connectivity index (χ4v) is 4.47. The number of ether oxygens (including phenoxy) is 2. The molecule has 5 aromatic carbocycles. The fourth-order valence-electron chi connectivity index (χ4n) is 4.47. The minimum absolute atomic E-state index is 0.160. The van der Waals surface area contributed by atoms with Crippen LogP contribution < -0.4 is 14.8 Å². The Balaban J connectivity index is 1.41. The average molecular weight is 488 g/mol. The van der Waals surface area contributed by atoms with Gasteiger partial charge in [-0.15, -0.1) is 0 Å². The van der Waals surface area contributed by atoms with E-state index in [2.05, 4.69) is 17.4 Å². The summed E-state index contributed by atoms with van der Waals surface area (Å²) in [6.45, 7) is 2.75. The van der Waals surface area contributed by atoms with E-state index in [0.717, 1.165) is 33.2 Å². The Kier molecular flexibility index (Phi) is 7.47. The lowest BCUT2D eigenvalue weighted by atomic mass is 9.98. The summed E-state index contributed by atoms with van der Waals surface area (Å²) in [5.41, 5.74) is 3.41. The third-order valence-corrected chi connectivity index (χ3v) is 6.30. The zero-order valence-electron chi connectivity index (χ0n) is 20.8. The van der Waals surface area contributed by atoms with Crippen LogP contribution in [0.5, 0.6) is 11.5 Å². The molecule has 0 aromatic heterocycles. The Hall–Kier alpha value is -4.57. The Morgan fingerprint density at radius 1 is 0.703 bits per heavy atom. The van der Waals surface area contributed by atoms with Crippen molar-refractivity contribution in [3.63, 3.8) is 0 Å². The van der Waals surface area contributed by atoms with Gasteiger partial charge in [0.15, 0.2) is 0 Å². The van der Waals surface area contributed by atoms with E-state index in [-0.39, 0.29) is 18.6 Å². The number of hydrogen-bond donors (Lipinski definition) is 1. The highest BCUT2D eigenvalue weighted by Crippen LogP contribution is 2.29. The number of carbonyl (C=O) groups excluding carboxylic acids is 1. The molecule has 37 heavy (non-hydrogen) atoms. The molecule has 0 bridgehead atoms. The van der Waals surface area contributed by atoms with Gasteiger partial charge in [-0.25, -0.2) is 0 Å². The lowest BCUT2D eigenvalue weighted by Crippen LogP contribution is -2.29. The first-order valence-corrected chi connectivity index (χ1v) is 12.5. The predicted octanol–water partition coefficient (Wildman–Crippen LogP) is 7.34. The highest BCUT2D eigenvalue weighted by molar-refractivity contribution is 5.95. The molecule has 0 unspecified atom stereocenters. The van der Waals surface area contributed by atoms with Gasteiger partial charge in [0.05, 0.1) is 12.6 Å². The largest absolute Gasteiger partial charge is 0.493 e. The predicted molar refractivity (Wildman–Crippen MR) is 148 cm³/mol. The molecule has 0 saturated carbocycles. The molecular weight excluding hydrogens is 458 g/mol. The van der Waals surface area contributed by atoms with E-state index in [0.29, 0.717) is 17.9 Å². The quantitative estimate of drug-likeness (QED) is 0.237. The van der Waals surface area contributed by atoms with Gasteiger partial charge in [-0.2, -0.15) is 0 Å². The number of hydrogen-bond acceptors (Lipinski definition) is 3. The lowest BCUT2D eigenvalue weighted by Gasteiger charge is -2.20. The molecule has 0 aliphatic heterocycles. The van der Waals surface area contributed by atoms with Crippen LogP contribution in [0.25, 0.3) is 10.8 Å². The summed E-state index contributed by atoms with van der Waals surface area (Å²) in [4.78, 5) is 13.5. The SMILES string of the molecule is CCOc1ccc(C(=O)NC(c2ccccc2)c2ccccc2)cc1COc1cccc2ccccc12. The van der Waals surface area contributed by atoms with E-state index in [1.165, 1.54) is 0 Å². The molecule has 1 N–H and O–H groups in total. The van der Waals surface area contributed by atoms with Crippen LogP contribution in [-0.4, -0.2) is 12.5 Å². The molecule has 0 aliphatic rings. The molecule has 4 nitrogen and oxygen atoms in total. The topological polar surface area (TPSA) is 47.6 Å². The second-order valence-electron chi connectivity index (χ2n) is 8.75. The Labute approximate surface area is 217 Å². The number of amides is 1. The molecule has 0 atom stereocenters. The van der Waals surface area contributed by atoms with Gasteiger partial charge in [-0.05, 0) is 47.7 Å². The molecule has 0 saturated heterocycles. The summed E-state index contributed by atoms with van der Waals surface area (Å²) < 4.78 is 12.1. The highest BCUT2D eigenvalue weighted by Gasteiger charge is 2.19. The third-order valence-electron chi connectivity index (χ3n) is 6.30. The standard InChI is InChI=1S/C33H29NO3/c1-2-36-30-21-20-27(22-28(30)23-37-31-19-11-17-24-12-9-10-18-29(24)31)33(35)34-32(25-13-5-3-6-14-25)26-15-7-4-8-16-26/h3-22,32H,2,23H2,1H3,(H,34,35). The molecule has 4 heteroatoms. The van der Waals surface area contributed by atoms with Gasteiger partial charge in [0.2, 0.25) is 0 Å². The maximum absolute atomic E-state index is 13.5. The van der Waals surface area contributed by atoms with Gasteiger partial charge >= 0.3 is 0 Å². The zero-order valence-corrected chi connectivity index (χ0v) is 20.8. The van der Waals surface area contributed by atoms with Crippen molar-refractivity contribution >= 4 is 16.7 Å². The maximum Gasteiger partial charge on any atom is 0.252 e. The van der Waals surface area contributed by atoms with Gasteiger partial charge < -0.3 is 14.8 Å². The van der Waals surface area contributed by atoms with E-state index in [4.69, 9.17) is 9.47 Å². The smallest absolute Gasteiger partial charge is 0.252 e. The first-order valence-electron chi connectivity index (χ1n) is 12.5. The van der Waals surface area contributed by atoms with Crippen molar-refractivity contribution in [1.82, 2.24) is 5.32 Å². The molecule has 0 heterocycles. The normalized spacial score (nSPS) is 10.9. The van der Waals surface area contributed by atoms with E-state index >= 15 is 0 Å². The molecule has 0 radical (unpaired) electrons. The summed E-state index contributed by atoms with van der Waals surface area (Å²) >= 11 is 0. The molecule has 1 amide bonds. The van der Waals surface area contributed by atoms with Crippen LogP contribution in [0.4, 0.5) is 0 Å². The van der Waals surface area contributed by atoms with Crippen molar-refractivity contribution in [2.45, 2.75) is 19.6 Å². The minimum atomic E-state index is -0.267. The molecule has 5 rings (SSSR count). The van der Waals surface area contributed by atoms with Gasteiger partial charge in [-0.3, -0.25) is 4.79 Å². The van der Waals surface area contributed by atoms with Crippen LogP contribution in [0.15, 0.2) is 121 Å². The maximum atomic E-state index is 13.5. The average Bonchev–Trinajstić information content (AvgIpc) is 2.96. The highest BCUT2D eigenvalue weighted by atomic mass is 16.5. The van der Waals surface area contributed by atoms with Crippen LogP contribution in [0, 0.1) is 0 Å². The summed E-state index contributed by atoms with van der Waals surface area (Å²) in [5.74, 6) is 1.35. The Morgan fingerprint density at radius 3 is 2.05 bits per heavy atom. The fraction of sp³-hybridized carbons (Fsp3) is 0.121. The van der Waals surface area contributed by atoms with E-state index in [1.54, 1.807) is 6.07 Å². The van der Waals surface area contributed by atoms with Gasteiger partial charge in [0.1, 0.15) is 18.1 Å². The first-order chi connectivity index (χ1) is 18.2. The van der Waals surface area contributed by atoms with Crippen molar-refractivity contribution in [2.75, 3.05) is 6.61 Å². The van der Waals surface area contributed by atoms with Crippen molar-refractivity contribution in [3.8, 4) is 11.5 Å². The number of fused-ring (bicyclic) bond motifs is 1.